The molecule has 1 N–H and O–H groups in total. The predicted octanol–water partition coefficient (Wildman–Crippen LogP) is 4.48. The molecular formula is C18H15Cl2N7S. The smallest absolute Gasteiger partial charge is 0.222 e. The summed E-state index contributed by atoms with van der Waals surface area (Å²) in [6.07, 6.45) is 4.38. The Morgan fingerprint density at radius 3 is 2.57 bits per heavy atom. The van der Waals surface area contributed by atoms with Crippen molar-refractivity contribution in [3.8, 4) is 11.4 Å². The standard InChI is InChI=1S/C18H15Cl2N7S/c19-13-9-12(10-14(20)11-13)17-25-24-15-3-4-16(26-27(15)17)28-8-2-7-23-18-21-5-1-6-22-18/h1,3-6,9-11H,2,7-8H2,(H,21,22,23). The van der Waals surface area contributed by atoms with Crippen molar-refractivity contribution in [2.45, 2.75) is 11.4 Å². The van der Waals surface area contributed by atoms with Gasteiger partial charge in [-0.25, -0.2) is 9.97 Å². The molecule has 0 saturated carbocycles. The number of thioether (sulfide) groups is 1. The summed E-state index contributed by atoms with van der Waals surface area (Å²) >= 11 is 13.9. The second-order valence-electron chi connectivity index (χ2n) is 5.82. The van der Waals surface area contributed by atoms with Crippen molar-refractivity contribution in [2.24, 2.45) is 0 Å². The Morgan fingerprint density at radius 2 is 1.79 bits per heavy atom. The zero-order chi connectivity index (χ0) is 19.3. The molecule has 0 aliphatic rings. The average Bonchev–Trinajstić information content (AvgIpc) is 3.11. The molecule has 0 bridgehead atoms. The highest BCUT2D eigenvalue weighted by Crippen LogP contribution is 2.27. The topological polar surface area (TPSA) is 80.9 Å². The first-order chi connectivity index (χ1) is 13.7. The maximum Gasteiger partial charge on any atom is 0.222 e. The van der Waals surface area contributed by atoms with E-state index in [1.807, 2.05) is 12.1 Å². The number of rotatable bonds is 7. The Hall–Kier alpha value is -2.42. The Kier molecular flexibility index (Phi) is 5.90. The second kappa shape index (κ2) is 8.72. The molecule has 4 aromatic rings. The van der Waals surface area contributed by atoms with E-state index in [2.05, 4.69) is 30.6 Å². The fourth-order valence-electron chi connectivity index (χ4n) is 2.55. The molecule has 7 nitrogen and oxygen atoms in total. The quantitative estimate of drug-likeness (QED) is 0.341. The van der Waals surface area contributed by atoms with Crippen LogP contribution in [0.3, 0.4) is 0 Å². The highest BCUT2D eigenvalue weighted by Gasteiger charge is 2.12. The van der Waals surface area contributed by atoms with Gasteiger partial charge in [-0.3, -0.25) is 0 Å². The molecule has 0 aliphatic heterocycles. The van der Waals surface area contributed by atoms with E-state index < -0.39 is 0 Å². The van der Waals surface area contributed by atoms with Crippen LogP contribution in [-0.2, 0) is 0 Å². The van der Waals surface area contributed by atoms with Gasteiger partial charge in [0.2, 0.25) is 5.95 Å². The third-order valence-corrected chi connectivity index (χ3v) is 5.22. The lowest BCUT2D eigenvalue weighted by Crippen LogP contribution is -2.05. The number of nitrogens with zero attached hydrogens (tertiary/aromatic N) is 6. The molecule has 0 atom stereocenters. The van der Waals surface area contributed by atoms with E-state index in [0.717, 1.165) is 29.3 Å². The average molecular weight is 432 g/mol. The van der Waals surface area contributed by atoms with Gasteiger partial charge in [0, 0.05) is 40.3 Å². The second-order valence-corrected chi connectivity index (χ2v) is 7.81. The van der Waals surface area contributed by atoms with E-state index in [1.54, 1.807) is 52.9 Å². The molecule has 0 saturated heterocycles. The van der Waals surface area contributed by atoms with Crippen molar-refractivity contribution in [3.63, 3.8) is 0 Å². The SMILES string of the molecule is Clc1cc(Cl)cc(-c2nnc3ccc(SCCCNc4ncccn4)nn23)c1. The van der Waals surface area contributed by atoms with Gasteiger partial charge in [0.25, 0.3) is 0 Å². The number of aromatic nitrogens is 6. The highest BCUT2D eigenvalue weighted by molar-refractivity contribution is 7.99. The van der Waals surface area contributed by atoms with Crippen LogP contribution in [0.2, 0.25) is 10.0 Å². The third-order valence-electron chi connectivity index (χ3n) is 3.78. The predicted molar refractivity (Wildman–Crippen MR) is 112 cm³/mol. The Balaban J connectivity index is 1.42. The zero-order valence-corrected chi connectivity index (χ0v) is 16.9. The number of halogens is 2. The van der Waals surface area contributed by atoms with Crippen LogP contribution in [0.25, 0.3) is 17.0 Å². The Bertz CT molecular complexity index is 1070. The lowest BCUT2D eigenvalue weighted by Gasteiger charge is -2.05. The van der Waals surface area contributed by atoms with Crippen molar-refractivity contribution in [3.05, 3.63) is 58.8 Å². The van der Waals surface area contributed by atoms with Gasteiger partial charge < -0.3 is 5.32 Å². The minimum Gasteiger partial charge on any atom is -0.354 e. The molecule has 28 heavy (non-hydrogen) atoms. The van der Waals surface area contributed by atoms with E-state index in [4.69, 9.17) is 23.2 Å². The van der Waals surface area contributed by atoms with Crippen LogP contribution in [0.4, 0.5) is 5.95 Å². The van der Waals surface area contributed by atoms with Crippen LogP contribution in [-0.4, -0.2) is 42.1 Å². The summed E-state index contributed by atoms with van der Waals surface area (Å²) in [7, 11) is 0. The van der Waals surface area contributed by atoms with Gasteiger partial charge in [-0.1, -0.05) is 23.2 Å². The van der Waals surface area contributed by atoms with Crippen LogP contribution < -0.4 is 5.32 Å². The minimum absolute atomic E-state index is 0.541. The first kappa shape index (κ1) is 18.9. The Labute approximate surface area is 175 Å². The molecule has 0 fully saturated rings. The van der Waals surface area contributed by atoms with Crippen molar-refractivity contribution < 1.29 is 0 Å². The third kappa shape index (κ3) is 4.52. The first-order valence-electron chi connectivity index (χ1n) is 8.52. The van der Waals surface area contributed by atoms with Crippen LogP contribution >= 0.6 is 35.0 Å². The molecule has 142 valence electrons. The summed E-state index contributed by atoms with van der Waals surface area (Å²) in [6, 6.07) is 10.9. The van der Waals surface area contributed by atoms with Crippen LogP contribution in [0.1, 0.15) is 6.42 Å². The summed E-state index contributed by atoms with van der Waals surface area (Å²) in [5, 5.41) is 18.2. The molecule has 3 aromatic heterocycles. The lowest BCUT2D eigenvalue weighted by atomic mass is 10.2. The van der Waals surface area contributed by atoms with E-state index in [0.29, 0.717) is 27.5 Å². The largest absolute Gasteiger partial charge is 0.354 e. The lowest BCUT2D eigenvalue weighted by molar-refractivity contribution is 0.858. The van der Waals surface area contributed by atoms with E-state index in [9.17, 15) is 0 Å². The van der Waals surface area contributed by atoms with Crippen molar-refractivity contribution in [1.82, 2.24) is 29.8 Å². The molecule has 1 aromatic carbocycles. The van der Waals surface area contributed by atoms with Crippen LogP contribution in [0.15, 0.2) is 53.8 Å². The molecular weight excluding hydrogens is 417 g/mol. The maximum absolute atomic E-state index is 6.11. The van der Waals surface area contributed by atoms with Gasteiger partial charge in [-0.05, 0) is 42.8 Å². The van der Waals surface area contributed by atoms with E-state index >= 15 is 0 Å². The molecule has 0 radical (unpaired) electrons. The molecule has 0 spiro atoms. The number of anilines is 1. The van der Waals surface area contributed by atoms with Crippen LogP contribution in [0, 0.1) is 0 Å². The summed E-state index contributed by atoms with van der Waals surface area (Å²) in [6.45, 7) is 0.790. The molecule has 3 heterocycles. The number of hydrogen-bond donors (Lipinski definition) is 1. The summed E-state index contributed by atoms with van der Waals surface area (Å²) in [4.78, 5) is 8.27. The number of hydrogen-bond acceptors (Lipinski definition) is 7. The molecule has 0 aliphatic carbocycles. The van der Waals surface area contributed by atoms with E-state index in [-0.39, 0.29) is 0 Å². The van der Waals surface area contributed by atoms with Gasteiger partial charge >= 0.3 is 0 Å². The summed E-state index contributed by atoms with van der Waals surface area (Å²) < 4.78 is 1.71. The number of benzene rings is 1. The van der Waals surface area contributed by atoms with Crippen molar-refractivity contribution in [1.29, 1.82) is 0 Å². The van der Waals surface area contributed by atoms with E-state index in [1.165, 1.54) is 0 Å². The van der Waals surface area contributed by atoms with Crippen molar-refractivity contribution in [2.75, 3.05) is 17.6 Å². The summed E-state index contributed by atoms with van der Waals surface area (Å²) in [5.41, 5.74) is 1.44. The van der Waals surface area contributed by atoms with Gasteiger partial charge in [0.15, 0.2) is 11.5 Å². The summed E-state index contributed by atoms with van der Waals surface area (Å²) in [5.74, 6) is 2.14. The number of nitrogens with one attached hydrogen (secondary N) is 1. The normalized spacial score (nSPS) is 11.1. The maximum atomic E-state index is 6.11. The van der Waals surface area contributed by atoms with Crippen LogP contribution in [0.5, 0.6) is 0 Å². The fourth-order valence-corrected chi connectivity index (χ4v) is 3.88. The molecule has 4 rings (SSSR count). The van der Waals surface area contributed by atoms with Gasteiger partial charge in [0.05, 0.1) is 0 Å². The zero-order valence-electron chi connectivity index (χ0n) is 14.6. The monoisotopic (exact) mass is 431 g/mol. The molecule has 10 heteroatoms. The molecule has 0 unspecified atom stereocenters. The van der Waals surface area contributed by atoms with Gasteiger partial charge in [-0.2, -0.15) is 9.61 Å². The van der Waals surface area contributed by atoms with Gasteiger partial charge in [0.1, 0.15) is 5.03 Å². The minimum atomic E-state index is 0.541. The fraction of sp³-hybridized carbons (Fsp3) is 0.167. The highest BCUT2D eigenvalue weighted by atomic mass is 35.5. The molecule has 0 amide bonds. The Morgan fingerprint density at radius 1 is 1.00 bits per heavy atom. The van der Waals surface area contributed by atoms with Crippen molar-refractivity contribution >= 4 is 46.6 Å². The number of fused-ring (bicyclic) bond motifs is 1. The van der Waals surface area contributed by atoms with Gasteiger partial charge in [-0.15, -0.1) is 22.0 Å². The first-order valence-corrected chi connectivity index (χ1v) is 10.3.